The number of nitrogens with one attached hydrogen (secondary N) is 8. The predicted molar refractivity (Wildman–Crippen MR) is 533 cm³/mol. The summed E-state index contributed by atoms with van der Waals surface area (Å²) < 4.78 is 13.0. The minimum absolute atomic E-state index is 0. The maximum absolute atomic E-state index is 5.74. The second kappa shape index (κ2) is 42.6. The number of nitrogens with two attached hydrogens (primary N) is 7. The molecule has 0 bridgehead atoms. The highest BCUT2D eigenvalue weighted by Gasteiger charge is 2.12. The lowest BCUT2D eigenvalue weighted by Gasteiger charge is -1.98. The number of fused-ring (bicyclic) bond motifs is 12. The Balaban J connectivity index is 0.000000127. The third-order valence-corrected chi connectivity index (χ3v) is 22.2. The normalized spacial score (nSPS) is 11.1. The molecule has 22 aromatic rings. The van der Waals surface area contributed by atoms with Crippen molar-refractivity contribution in [2.24, 2.45) is 0 Å². The number of rotatable bonds is 0. The third-order valence-electron chi connectivity index (χ3n) is 20.1. The number of hydrogen-bond donors (Lipinski definition) is 15. The number of pyridine rings is 6. The van der Waals surface area contributed by atoms with Crippen molar-refractivity contribution in [3.63, 3.8) is 0 Å². The van der Waals surface area contributed by atoms with Crippen LogP contribution in [0.15, 0.2) is 240 Å². The Hall–Kier alpha value is -15.7. The summed E-state index contributed by atoms with van der Waals surface area (Å²) in [4.78, 5) is 39.9. The van der Waals surface area contributed by atoms with Crippen molar-refractivity contribution >= 4 is 182 Å². The van der Waals surface area contributed by atoms with E-state index in [1.807, 2.05) is 139 Å². The lowest BCUT2D eigenvalue weighted by molar-refractivity contribution is 0.578. The first-order valence-corrected chi connectivity index (χ1v) is 42.6. The quantitative estimate of drug-likeness (QED) is 0.0627. The number of H-pyrrole nitrogens is 6. The van der Waals surface area contributed by atoms with E-state index in [0.29, 0.717) is 40.5 Å². The van der Waals surface area contributed by atoms with E-state index in [-0.39, 0.29) is 7.43 Å². The fourth-order valence-electron chi connectivity index (χ4n) is 14.0. The first-order chi connectivity index (χ1) is 61.2. The van der Waals surface area contributed by atoms with Crippen molar-refractivity contribution < 1.29 is 8.83 Å². The summed E-state index contributed by atoms with van der Waals surface area (Å²) in [5, 5.41) is 39.5. The van der Waals surface area contributed by atoms with Gasteiger partial charge in [-0.25, -0.2) is 34.9 Å². The van der Waals surface area contributed by atoms with Crippen molar-refractivity contribution in [2.45, 2.75) is 103 Å². The first kappa shape index (κ1) is 91.5. The fourth-order valence-corrected chi connectivity index (χ4v) is 15.8. The van der Waals surface area contributed by atoms with Crippen LogP contribution in [0.25, 0.3) is 108 Å². The van der Waals surface area contributed by atoms with Crippen molar-refractivity contribution in [2.75, 3.05) is 63.9 Å². The van der Waals surface area contributed by atoms with Gasteiger partial charge in [-0.3, -0.25) is 10.2 Å². The van der Waals surface area contributed by atoms with Gasteiger partial charge < -0.3 is 74.6 Å². The molecule has 16 aromatic heterocycles. The highest BCUT2D eigenvalue weighted by atomic mass is 32.1. The summed E-state index contributed by atoms with van der Waals surface area (Å²) in [5.74, 6) is 5.90. The number of nitrogens with zero attached hydrogens (tertiary/aromatic N) is 11. The molecule has 0 unspecified atom stereocenters. The Morgan fingerprint density at radius 2 is 0.969 bits per heavy atom. The summed E-state index contributed by atoms with van der Waals surface area (Å²) in [7, 11) is 0. The van der Waals surface area contributed by atoms with Gasteiger partial charge in [0.25, 0.3) is 0 Å². The average Bonchev–Trinajstić information content (AvgIpc) is 1.69. The van der Waals surface area contributed by atoms with E-state index in [4.69, 9.17) is 49.0 Å². The molecule has 18 heterocycles. The summed E-state index contributed by atoms with van der Waals surface area (Å²) in [5.41, 5.74) is 63.9. The summed E-state index contributed by atoms with van der Waals surface area (Å²) in [6.45, 7) is 26.5. The molecule has 2 aliphatic heterocycles. The number of furan rings is 2. The molecule has 0 saturated carbocycles. The molecular formula is C98H108N26O2S2. The molecule has 128 heavy (non-hydrogen) atoms. The second-order valence-electron chi connectivity index (χ2n) is 30.6. The highest BCUT2D eigenvalue weighted by molar-refractivity contribution is 7.19. The maximum atomic E-state index is 5.74. The largest absolute Gasteiger partial charge is 0.461 e. The van der Waals surface area contributed by atoms with Crippen LogP contribution in [0.4, 0.5) is 52.0 Å². The lowest BCUT2D eigenvalue weighted by atomic mass is 10.1. The van der Waals surface area contributed by atoms with Crippen LogP contribution < -0.4 is 50.8 Å². The van der Waals surface area contributed by atoms with Gasteiger partial charge >= 0.3 is 0 Å². The van der Waals surface area contributed by atoms with E-state index in [9.17, 15) is 0 Å². The number of nitrogen functional groups attached to an aromatic ring is 7. The Morgan fingerprint density at radius 3 is 1.71 bits per heavy atom. The summed E-state index contributed by atoms with van der Waals surface area (Å²) in [6, 6.07) is 61.0. The highest BCUT2D eigenvalue weighted by Crippen LogP contribution is 2.31. The standard InChI is InChI=1S/C9H10N2.2C9H11N.C8H9N3.2C8H8N2O.2C8H8N2S.2C8H8N2.C7H8N4.C7H7N3.CH4/c1-6-5-7-3-2-4-8(10)9(7)11-6;1-7-2-3-9-8(6-7)4-5-10-9;1-7-2-3-8-4-5-10-9(8)6-7;2*1-5-4-6-7(11-5)2-3-10-8(6)9;1-5-4-6-2-3-10-8(9)7(6)11-5;1-5-4-6-7(11-5)2-3-10-8(6)9;1-5-4-6-2-3-10-8(9)7(6)11-5;1-6-2-3-8-7(4-6)5-9-10-8;1-6-2-3-7-5-9-10-8(7)4-6;1-4-10-5-2-3-9-7(8)6(5)11-4;1-5-2-3-6-7(4-5)9-10-8-6;/h2-5,11H,10H2,1H3;2*2-3,6,10H,4-5H2,1H3;2-4,11H,1H3,(H2,9,10);4*2-4H,1H3,(H2,9,10);2*2-5H,1H3,(H,9,10);2-3H,1H3,(H2,8,9)(H,10,11);2-4H,1H3,(H,8,9,10);1H4. The van der Waals surface area contributed by atoms with Gasteiger partial charge in [-0.2, -0.15) is 25.6 Å². The van der Waals surface area contributed by atoms with Crippen LogP contribution in [0.3, 0.4) is 0 Å². The van der Waals surface area contributed by atoms with Gasteiger partial charge in [-0.15, -0.1) is 22.7 Å². The average molecular weight is 1750 g/mol. The van der Waals surface area contributed by atoms with Crippen LogP contribution in [-0.2, 0) is 12.8 Å². The molecular weight excluding hydrogens is 1640 g/mol. The van der Waals surface area contributed by atoms with Crippen LogP contribution in [0.5, 0.6) is 0 Å². The van der Waals surface area contributed by atoms with Crippen molar-refractivity contribution in [3.05, 3.63) is 309 Å². The van der Waals surface area contributed by atoms with Crippen LogP contribution in [0.1, 0.15) is 84.9 Å². The van der Waals surface area contributed by atoms with Gasteiger partial charge in [-0.05, 0) is 250 Å². The molecule has 0 amide bonds. The van der Waals surface area contributed by atoms with Gasteiger partial charge in [-0.1, -0.05) is 79.2 Å². The van der Waals surface area contributed by atoms with E-state index in [2.05, 4.69) is 229 Å². The monoisotopic (exact) mass is 1740 g/mol. The molecule has 6 aromatic carbocycles. The van der Waals surface area contributed by atoms with Crippen LogP contribution in [0.2, 0.25) is 0 Å². The Bertz CT molecular complexity index is 6430. The van der Waals surface area contributed by atoms with Crippen LogP contribution >= 0.6 is 22.7 Å². The van der Waals surface area contributed by atoms with Gasteiger partial charge in [0.2, 0.25) is 0 Å². The number of para-hydroxylation sites is 1. The topological polar surface area (TPSA) is 469 Å². The van der Waals surface area contributed by atoms with Gasteiger partial charge in [0.15, 0.2) is 17.2 Å². The Morgan fingerprint density at radius 1 is 0.375 bits per heavy atom. The molecule has 2 aliphatic rings. The molecule has 30 heteroatoms. The molecule has 0 radical (unpaired) electrons. The zero-order valence-corrected chi connectivity index (χ0v) is 74.5. The summed E-state index contributed by atoms with van der Waals surface area (Å²) >= 11 is 3.44. The number of aromatic amines is 6. The van der Waals surface area contributed by atoms with E-state index in [0.717, 1.165) is 123 Å². The first-order valence-electron chi connectivity index (χ1n) is 41.0. The van der Waals surface area contributed by atoms with E-state index >= 15 is 0 Å². The molecule has 0 saturated heterocycles. The number of aromatic nitrogens is 17. The lowest BCUT2D eigenvalue weighted by Crippen LogP contribution is -1.90. The molecule has 0 aliphatic carbocycles. The molecule has 24 rings (SSSR count). The third kappa shape index (κ3) is 24.2. The van der Waals surface area contributed by atoms with E-state index in [1.54, 1.807) is 65.9 Å². The van der Waals surface area contributed by atoms with Gasteiger partial charge in [0, 0.05) is 120 Å². The smallest absolute Gasteiger partial charge is 0.176 e. The number of thiophene rings is 2. The Kier molecular flexibility index (Phi) is 30.5. The van der Waals surface area contributed by atoms with Crippen molar-refractivity contribution in [3.8, 4) is 0 Å². The Labute approximate surface area is 748 Å². The van der Waals surface area contributed by atoms with E-state index in [1.165, 1.54) is 99.2 Å². The minimum atomic E-state index is 0. The number of hydrogen-bond acceptors (Lipinski definition) is 24. The van der Waals surface area contributed by atoms with Crippen LogP contribution in [-0.4, -0.2) is 98.7 Å². The SMILES string of the molecule is C.Cc1cc2c(N)nccc2[nH]1.Cc1cc2c(N)nccc2o1.Cc1cc2c(N)nccc2s1.Cc1cc2cccc(N)c2[nH]1.Cc1cc2ccnc(N)c2o1.Cc1cc2ccnc(N)c2s1.Cc1ccc2[nH]ncc2c1.Cc1ccc2c(c1)CCN2.Cc1ccc2c(c1)NCC2.Cc1ccc2cn[nH]c2c1.Cc1ccc2n[nH]nc2c1.Cc1nc2c(N)nccc2[nH]1. The number of benzene rings is 6. The van der Waals surface area contributed by atoms with E-state index < -0.39 is 0 Å². The van der Waals surface area contributed by atoms with Gasteiger partial charge in [0.05, 0.1) is 55.8 Å². The van der Waals surface area contributed by atoms with Crippen molar-refractivity contribution in [1.82, 2.24) is 85.6 Å². The molecule has 22 N–H and O–H groups in total. The second-order valence-corrected chi connectivity index (χ2v) is 33.1. The molecule has 0 atom stereocenters. The van der Waals surface area contributed by atoms with Gasteiger partial charge in [0.1, 0.15) is 62.7 Å². The van der Waals surface area contributed by atoms with Crippen LogP contribution in [0, 0.1) is 83.1 Å². The zero-order chi connectivity index (χ0) is 89.8. The molecule has 0 spiro atoms. The summed E-state index contributed by atoms with van der Waals surface area (Å²) in [6.07, 6.45) is 16.2. The minimum Gasteiger partial charge on any atom is -0.461 e. The van der Waals surface area contributed by atoms with Crippen molar-refractivity contribution in [1.29, 1.82) is 0 Å². The number of imidazole rings is 1. The predicted octanol–water partition coefficient (Wildman–Crippen LogP) is 21.7. The molecule has 28 nitrogen and oxygen atoms in total. The molecule has 0 fully saturated rings. The fraction of sp³-hybridized carbons (Fsp3) is 0.173. The molecule has 654 valence electrons. The number of anilines is 9. The number of aryl methyl sites for hydroxylation is 12. The maximum Gasteiger partial charge on any atom is 0.176 e. The zero-order valence-electron chi connectivity index (χ0n) is 72.9.